The highest BCUT2D eigenvalue weighted by molar-refractivity contribution is 5.99. The Morgan fingerprint density at radius 3 is 2.81 bits per heavy atom. The Balaban J connectivity index is 2.57. The molecule has 0 aliphatic heterocycles. The zero-order valence-electron chi connectivity index (χ0n) is 12.0. The molecular formula is C15H16N4O2. The Labute approximate surface area is 122 Å². The van der Waals surface area contributed by atoms with E-state index in [1.54, 1.807) is 24.5 Å². The molecule has 0 fully saturated rings. The van der Waals surface area contributed by atoms with Crippen molar-refractivity contribution in [3.05, 3.63) is 40.7 Å². The maximum absolute atomic E-state index is 11.1. The van der Waals surface area contributed by atoms with Crippen LogP contribution in [0.5, 0.6) is 0 Å². The van der Waals surface area contributed by atoms with Crippen LogP contribution in [0.25, 0.3) is 10.8 Å². The van der Waals surface area contributed by atoms with Gasteiger partial charge in [-0.2, -0.15) is 5.26 Å². The van der Waals surface area contributed by atoms with Gasteiger partial charge in [0.25, 0.3) is 5.69 Å². The fourth-order valence-electron chi connectivity index (χ4n) is 2.36. The van der Waals surface area contributed by atoms with Gasteiger partial charge in [0.1, 0.15) is 0 Å². The van der Waals surface area contributed by atoms with Gasteiger partial charge in [0, 0.05) is 42.6 Å². The van der Waals surface area contributed by atoms with Crippen LogP contribution < -0.4 is 4.90 Å². The minimum atomic E-state index is -0.389. The molecule has 1 aromatic carbocycles. The monoisotopic (exact) mass is 284 g/mol. The van der Waals surface area contributed by atoms with Gasteiger partial charge in [-0.3, -0.25) is 15.1 Å². The number of benzene rings is 1. The predicted molar refractivity (Wildman–Crippen MR) is 81.1 cm³/mol. The number of nitro benzene ring substituents is 1. The molecule has 0 radical (unpaired) electrons. The summed E-state index contributed by atoms with van der Waals surface area (Å²) in [7, 11) is 0. The first kappa shape index (κ1) is 14.7. The molecule has 21 heavy (non-hydrogen) atoms. The second-order valence-corrected chi connectivity index (χ2v) is 4.85. The van der Waals surface area contributed by atoms with Crippen molar-refractivity contribution < 1.29 is 4.92 Å². The van der Waals surface area contributed by atoms with E-state index >= 15 is 0 Å². The van der Waals surface area contributed by atoms with E-state index < -0.39 is 0 Å². The summed E-state index contributed by atoms with van der Waals surface area (Å²) in [6, 6.07) is 7.11. The van der Waals surface area contributed by atoms with Gasteiger partial charge >= 0.3 is 0 Å². The Morgan fingerprint density at radius 2 is 2.19 bits per heavy atom. The summed E-state index contributed by atoms with van der Waals surface area (Å²) in [6.07, 6.45) is 3.19. The molecule has 0 aliphatic rings. The van der Waals surface area contributed by atoms with E-state index in [2.05, 4.69) is 11.1 Å². The fourth-order valence-corrected chi connectivity index (χ4v) is 2.36. The molecule has 2 aromatic rings. The van der Waals surface area contributed by atoms with Gasteiger partial charge < -0.3 is 4.90 Å². The average molecular weight is 284 g/mol. The lowest BCUT2D eigenvalue weighted by Crippen LogP contribution is -2.27. The van der Waals surface area contributed by atoms with Gasteiger partial charge in [-0.25, -0.2) is 0 Å². The highest BCUT2D eigenvalue weighted by Gasteiger charge is 2.18. The predicted octanol–water partition coefficient (Wildman–Crippen LogP) is 3.13. The molecule has 1 atom stereocenters. The first-order chi connectivity index (χ1) is 10.1. The molecule has 6 nitrogen and oxygen atoms in total. The van der Waals surface area contributed by atoms with Crippen molar-refractivity contribution in [2.45, 2.75) is 13.8 Å². The van der Waals surface area contributed by atoms with Crippen LogP contribution in [0.1, 0.15) is 13.8 Å². The number of pyridine rings is 1. The highest BCUT2D eigenvalue weighted by atomic mass is 16.6. The third-order valence-corrected chi connectivity index (χ3v) is 3.41. The third kappa shape index (κ3) is 2.92. The number of non-ortho nitro benzene ring substituents is 1. The summed E-state index contributed by atoms with van der Waals surface area (Å²) in [4.78, 5) is 16.8. The van der Waals surface area contributed by atoms with Gasteiger partial charge in [0.15, 0.2) is 0 Å². The molecule has 0 saturated carbocycles. The van der Waals surface area contributed by atoms with Crippen LogP contribution in [0.15, 0.2) is 30.6 Å². The van der Waals surface area contributed by atoms with Crippen molar-refractivity contribution in [2.75, 3.05) is 18.0 Å². The molecule has 2 rings (SSSR count). The minimum absolute atomic E-state index is 0.0699. The Bertz CT molecular complexity index is 708. The standard InChI is InChI=1S/C15H16N4O2/c1-3-18(10-11(2)8-16)14-4-5-15(19(20)21)12-6-7-17-9-13(12)14/h4-7,9,11H,3,10H2,1-2H3. The molecule has 108 valence electrons. The molecule has 1 aromatic heterocycles. The fraction of sp³-hybridized carbons (Fsp3) is 0.333. The number of nitriles is 1. The van der Waals surface area contributed by atoms with E-state index in [4.69, 9.17) is 5.26 Å². The molecule has 0 saturated heterocycles. The molecular weight excluding hydrogens is 268 g/mol. The molecule has 1 heterocycles. The largest absolute Gasteiger partial charge is 0.370 e. The van der Waals surface area contributed by atoms with Crippen molar-refractivity contribution in [2.24, 2.45) is 5.92 Å². The van der Waals surface area contributed by atoms with E-state index in [1.807, 2.05) is 18.7 Å². The summed E-state index contributed by atoms with van der Waals surface area (Å²) in [5.74, 6) is -0.119. The maximum Gasteiger partial charge on any atom is 0.277 e. The molecule has 0 aliphatic carbocycles. The molecule has 0 spiro atoms. The molecule has 0 N–H and O–H groups in total. The summed E-state index contributed by atoms with van der Waals surface area (Å²) < 4.78 is 0. The van der Waals surface area contributed by atoms with Crippen LogP contribution in [0.2, 0.25) is 0 Å². The first-order valence-electron chi connectivity index (χ1n) is 6.74. The number of nitrogens with zero attached hydrogens (tertiary/aromatic N) is 4. The first-order valence-corrected chi connectivity index (χ1v) is 6.74. The second kappa shape index (κ2) is 6.18. The third-order valence-electron chi connectivity index (χ3n) is 3.41. The molecule has 1 unspecified atom stereocenters. The lowest BCUT2D eigenvalue weighted by atomic mass is 10.1. The molecule has 0 amide bonds. The van der Waals surface area contributed by atoms with Crippen LogP contribution in [-0.4, -0.2) is 23.0 Å². The Morgan fingerprint density at radius 1 is 1.43 bits per heavy atom. The van der Waals surface area contributed by atoms with Crippen molar-refractivity contribution in [1.29, 1.82) is 5.26 Å². The van der Waals surface area contributed by atoms with E-state index in [-0.39, 0.29) is 16.5 Å². The zero-order valence-corrected chi connectivity index (χ0v) is 12.0. The highest BCUT2D eigenvalue weighted by Crippen LogP contribution is 2.33. The SMILES string of the molecule is CCN(CC(C)C#N)c1ccc([N+](=O)[O-])c2ccncc12. The van der Waals surface area contributed by atoms with Gasteiger partial charge in [0.05, 0.1) is 22.3 Å². The van der Waals surface area contributed by atoms with E-state index in [9.17, 15) is 10.1 Å². The van der Waals surface area contributed by atoms with Gasteiger partial charge in [0.2, 0.25) is 0 Å². The smallest absolute Gasteiger partial charge is 0.277 e. The van der Waals surface area contributed by atoms with Crippen molar-refractivity contribution in [3.63, 3.8) is 0 Å². The minimum Gasteiger partial charge on any atom is -0.370 e. The number of fused-ring (bicyclic) bond motifs is 1. The normalized spacial score (nSPS) is 11.9. The second-order valence-electron chi connectivity index (χ2n) is 4.85. The van der Waals surface area contributed by atoms with Crippen LogP contribution in [0, 0.1) is 27.4 Å². The van der Waals surface area contributed by atoms with Gasteiger partial charge in [-0.05, 0) is 26.0 Å². The number of aromatic nitrogens is 1. The Kier molecular flexibility index (Phi) is 4.33. The number of anilines is 1. The lowest BCUT2D eigenvalue weighted by molar-refractivity contribution is -0.383. The van der Waals surface area contributed by atoms with Gasteiger partial charge in [-0.15, -0.1) is 0 Å². The van der Waals surface area contributed by atoms with Crippen LogP contribution in [0.3, 0.4) is 0 Å². The number of rotatable bonds is 5. The molecule has 0 bridgehead atoms. The van der Waals surface area contributed by atoms with Crippen LogP contribution >= 0.6 is 0 Å². The summed E-state index contributed by atoms with van der Waals surface area (Å²) in [6.45, 7) is 5.14. The average Bonchev–Trinajstić information content (AvgIpc) is 2.51. The van der Waals surface area contributed by atoms with Crippen LogP contribution in [-0.2, 0) is 0 Å². The van der Waals surface area contributed by atoms with Crippen molar-refractivity contribution in [1.82, 2.24) is 4.98 Å². The Hall–Kier alpha value is -2.68. The van der Waals surface area contributed by atoms with E-state index in [1.165, 1.54) is 6.07 Å². The summed E-state index contributed by atoms with van der Waals surface area (Å²) >= 11 is 0. The van der Waals surface area contributed by atoms with E-state index in [0.29, 0.717) is 18.5 Å². The van der Waals surface area contributed by atoms with E-state index in [0.717, 1.165) is 11.1 Å². The van der Waals surface area contributed by atoms with Gasteiger partial charge in [-0.1, -0.05) is 0 Å². The lowest BCUT2D eigenvalue weighted by Gasteiger charge is -2.25. The summed E-state index contributed by atoms with van der Waals surface area (Å²) in [5.41, 5.74) is 0.939. The zero-order chi connectivity index (χ0) is 15.4. The number of nitro groups is 1. The number of hydrogen-bond donors (Lipinski definition) is 0. The topological polar surface area (TPSA) is 83.1 Å². The van der Waals surface area contributed by atoms with Crippen LogP contribution in [0.4, 0.5) is 11.4 Å². The number of hydrogen-bond acceptors (Lipinski definition) is 5. The van der Waals surface area contributed by atoms with Crippen molar-refractivity contribution >= 4 is 22.1 Å². The maximum atomic E-state index is 11.1. The van der Waals surface area contributed by atoms with Crippen molar-refractivity contribution in [3.8, 4) is 6.07 Å². The summed E-state index contributed by atoms with van der Waals surface area (Å²) in [5, 5.41) is 21.4. The quantitative estimate of drug-likeness (QED) is 0.622. The molecule has 6 heteroatoms.